The molecule has 0 aliphatic carbocycles. The van der Waals surface area contributed by atoms with Gasteiger partial charge >= 0.3 is 6.09 Å². The van der Waals surface area contributed by atoms with Crippen LogP contribution in [-0.4, -0.2) is 77.3 Å². The number of hydrogen-bond donors (Lipinski definition) is 3. The highest BCUT2D eigenvalue weighted by atomic mass is 16.6. The molecule has 2 aliphatic heterocycles. The maximum Gasteiger partial charge on any atom is 0.404 e. The number of aromatic nitrogens is 2. The Labute approximate surface area is 208 Å². The molecule has 0 bridgehead atoms. The molecule has 3 heterocycles. The van der Waals surface area contributed by atoms with Crippen LogP contribution in [-0.2, 0) is 9.47 Å². The van der Waals surface area contributed by atoms with Crippen molar-refractivity contribution in [3.05, 3.63) is 41.6 Å². The number of amides is 3. The molecule has 2 aromatic rings. The molecule has 5 N–H and O–H groups in total. The molecule has 12 heteroatoms. The summed E-state index contributed by atoms with van der Waals surface area (Å²) in [7, 11) is 0. The zero-order valence-electron chi connectivity index (χ0n) is 20.3. The highest BCUT2D eigenvalue weighted by molar-refractivity contribution is 5.99. The quantitative estimate of drug-likeness (QED) is 0.537. The monoisotopic (exact) mass is 497 g/mol. The van der Waals surface area contributed by atoms with Crippen LogP contribution in [0.3, 0.4) is 0 Å². The van der Waals surface area contributed by atoms with E-state index in [1.165, 1.54) is 6.20 Å². The number of primary amides is 2. The summed E-state index contributed by atoms with van der Waals surface area (Å²) in [5.74, 6) is -0.235. The highest BCUT2D eigenvalue weighted by Gasteiger charge is 2.30. The van der Waals surface area contributed by atoms with E-state index in [4.69, 9.17) is 20.9 Å². The van der Waals surface area contributed by atoms with Crippen LogP contribution >= 0.6 is 0 Å². The van der Waals surface area contributed by atoms with Crippen molar-refractivity contribution in [2.75, 3.05) is 36.5 Å². The SMILES string of the molecule is C[C@@H]1COC[C@H](C)N1C(=O)c1cccc(Nc2nc(N3CCC[C@H](OC(N)=O)C3)ncc2C(N)=O)c1. The maximum absolute atomic E-state index is 13.3. The van der Waals surface area contributed by atoms with Crippen molar-refractivity contribution in [3.8, 4) is 0 Å². The second-order valence-corrected chi connectivity index (χ2v) is 9.10. The minimum atomic E-state index is -0.829. The van der Waals surface area contributed by atoms with Crippen molar-refractivity contribution >= 4 is 35.4 Å². The largest absolute Gasteiger partial charge is 0.445 e. The van der Waals surface area contributed by atoms with Crippen LogP contribution in [0, 0.1) is 0 Å². The first-order valence-corrected chi connectivity index (χ1v) is 11.9. The summed E-state index contributed by atoms with van der Waals surface area (Å²) in [6.07, 6.45) is 1.59. The third-order valence-corrected chi connectivity index (χ3v) is 6.26. The molecule has 12 nitrogen and oxygen atoms in total. The third kappa shape index (κ3) is 5.65. The van der Waals surface area contributed by atoms with E-state index in [0.717, 1.165) is 6.42 Å². The van der Waals surface area contributed by atoms with Gasteiger partial charge in [-0.2, -0.15) is 4.98 Å². The first-order chi connectivity index (χ1) is 17.2. The smallest absolute Gasteiger partial charge is 0.404 e. The summed E-state index contributed by atoms with van der Waals surface area (Å²) < 4.78 is 10.7. The van der Waals surface area contributed by atoms with Gasteiger partial charge in [0, 0.05) is 24.0 Å². The van der Waals surface area contributed by atoms with E-state index in [1.807, 2.05) is 23.6 Å². The van der Waals surface area contributed by atoms with Crippen molar-refractivity contribution in [1.82, 2.24) is 14.9 Å². The number of anilines is 3. The van der Waals surface area contributed by atoms with Crippen LogP contribution < -0.4 is 21.7 Å². The Bertz CT molecular complexity index is 1130. The average Bonchev–Trinajstić information content (AvgIpc) is 2.83. The molecule has 4 rings (SSSR count). The summed E-state index contributed by atoms with van der Waals surface area (Å²) in [6, 6.07) is 6.89. The fourth-order valence-corrected chi connectivity index (χ4v) is 4.60. The molecule has 0 radical (unpaired) electrons. The third-order valence-electron chi connectivity index (χ3n) is 6.26. The number of nitrogens with two attached hydrogens (primary N) is 2. The summed E-state index contributed by atoms with van der Waals surface area (Å²) in [6.45, 7) is 5.91. The molecule has 3 atom stereocenters. The Morgan fingerprint density at radius 1 is 1.17 bits per heavy atom. The Balaban J connectivity index is 1.57. The van der Waals surface area contributed by atoms with Crippen molar-refractivity contribution in [1.29, 1.82) is 0 Å². The van der Waals surface area contributed by atoms with Crippen molar-refractivity contribution in [3.63, 3.8) is 0 Å². The van der Waals surface area contributed by atoms with Gasteiger partial charge in [-0.05, 0) is 44.9 Å². The van der Waals surface area contributed by atoms with Gasteiger partial charge < -0.3 is 36.1 Å². The van der Waals surface area contributed by atoms with Gasteiger partial charge in [0.1, 0.15) is 17.5 Å². The zero-order chi connectivity index (χ0) is 25.8. The minimum absolute atomic E-state index is 0.0457. The van der Waals surface area contributed by atoms with E-state index in [-0.39, 0.29) is 35.5 Å². The number of piperidine rings is 1. The number of morpholine rings is 1. The van der Waals surface area contributed by atoms with Gasteiger partial charge in [0.25, 0.3) is 11.8 Å². The van der Waals surface area contributed by atoms with Crippen molar-refractivity contribution in [2.45, 2.75) is 44.9 Å². The maximum atomic E-state index is 13.3. The predicted octanol–water partition coefficient (Wildman–Crippen LogP) is 1.63. The molecular formula is C24H31N7O5. The topological polar surface area (TPSA) is 166 Å². The van der Waals surface area contributed by atoms with Gasteiger partial charge in [0.2, 0.25) is 5.95 Å². The Kier molecular flexibility index (Phi) is 7.53. The van der Waals surface area contributed by atoms with Gasteiger partial charge in [-0.15, -0.1) is 0 Å². The fraction of sp³-hybridized carbons (Fsp3) is 0.458. The lowest BCUT2D eigenvalue weighted by Gasteiger charge is -2.38. The molecule has 0 saturated carbocycles. The lowest BCUT2D eigenvalue weighted by atomic mass is 10.1. The Hall–Kier alpha value is -3.93. The molecule has 0 unspecified atom stereocenters. The molecule has 2 fully saturated rings. The molecule has 2 saturated heterocycles. The average molecular weight is 498 g/mol. The second kappa shape index (κ2) is 10.8. The number of rotatable bonds is 6. The first-order valence-electron chi connectivity index (χ1n) is 11.9. The van der Waals surface area contributed by atoms with E-state index in [2.05, 4.69) is 15.3 Å². The Morgan fingerprint density at radius 3 is 2.61 bits per heavy atom. The van der Waals surface area contributed by atoms with Crippen LogP contribution in [0.2, 0.25) is 0 Å². The molecule has 36 heavy (non-hydrogen) atoms. The zero-order valence-corrected chi connectivity index (χ0v) is 20.3. The van der Waals surface area contributed by atoms with Crippen molar-refractivity contribution in [2.24, 2.45) is 11.5 Å². The molecular weight excluding hydrogens is 466 g/mol. The molecule has 2 aliphatic rings. The fourth-order valence-electron chi connectivity index (χ4n) is 4.60. The number of hydrogen-bond acceptors (Lipinski definition) is 9. The molecule has 192 valence electrons. The molecule has 3 amide bonds. The van der Waals surface area contributed by atoms with Gasteiger partial charge in [0.05, 0.1) is 31.8 Å². The van der Waals surface area contributed by atoms with Crippen molar-refractivity contribution < 1.29 is 23.9 Å². The highest BCUT2D eigenvalue weighted by Crippen LogP contribution is 2.25. The van der Waals surface area contributed by atoms with Crippen LogP contribution in [0.4, 0.5) is 22.2 Å². The van der Waals surface area contributed by atoms with Crippen LogP contribution in [0.1, 0.15) is 47.4 Å². The van der Waals surface area contributed by atoms with Gasteiger partial charge in [-0.3, -0.25) is 9.59 Å². The number of carbonyl (C=O) groups excluding carboxylic acids is 3. The van der Waals surface area contributed by atoms with E-state index in [0.29, 0.717) is 49.9 Å². The number of nitrogens with zero attached hydrogens (tertiary/aromatic N) is 4. The van der Waals surface area contributed by atoms with Gasteiger partial charge in [-0.25, -0.2) is 9.78 Å². The first kappa shape index (κ1) is 25.2. The summed E-state index contributed by atoms with van der Waals surface area (Å²) in [5, 5.41) is 3.12. The number of benzene rings is 1. The van der Waals surface area contributed by atoms with E-state index >= 15 is 0 Å². The number of carbonyl (C=O) groups is 3. The molecule has 1 aromatic heterocycles. The molecule has 1 aromatic carbocycles. The standard InChI is InChI=1S/C24H31N7O5/c1-14-12-35-13-15(2)31(14)22(33)16-5-3-6-17(9-16)28-21-19(20(25)32)10-27-24(29-21)30-8-4-7-18(11-30)36-23(26)34/h3,5-6,9-10,14-15,18H,4,7-8,11-13H2,1-2H3,(H2,25,32)(H2,26,34)(H,27,28,29)/t14-,15+,18-/m0/s1. The minimum Gasteiger partial charge on any atom is -0.445 e. The van der Waals surface area contributed by atoms with Crippen LogP contribution in [0.25, 0.3) is 0 Å². The van der Waals surface area contributed by atoms with E-state index in [1.54, 1.807) is 24.3 Å². The summed E-state index contributed by atoms with van der Waals surface area (Å²) >= 11 is 0. The van der Waals surface area contributed by atoms with Crippen LogP contribution in [0.5, 0.6) is 0 Å². The Morgan fingerprint density at radius 2 is 1.92 bits per heavy atom. The van der Waals surface area contributed by atoms with Gasteiger partial charge in [0.15, 0.2) is 0 Å². The van der Waals surface area contributed by atoms with E-state index in [9.17, 15) is 14.4 Å². The number of nitrogens with one attached hydrogen (secondary N) is 1. The van der Waals surface area contributed by atoms with Gasteiger partial charge in [-0.1, -0.05) is 6.07 Å². The van der Waals surface area contributed by atoms with Crippen LogP contribution in [0.15, 0.2) is 30.5 Å². The lowest BCUT2D eigenvalue weighted by molar-refractivity contribution is -0.0249. The number of ether oxygens (including phenoxy) is 2. The second-order valence-electron chi connectivity index (χ2n) is 9.10. The lowest BCUT2D eigenvalue weighted by Crippen LogP contribution is -2.52. The summed E-state index contributed by atoms with van der Waals surface area (Å²) in [5.41, 5.74) is 11.9. The van der Waals surface area contributed by atoms with E-state index < -0.39 is 12.0 Å². The summed E-state index contributed by atoms with van der Waals surface area (Å²) in [4.78, 5) is 49.0. The normalized spacial score (nSPS) is 22.1. The molecule has 0 spiro atoms. The predicted molar refractivity (Wildman–Crippen MR) is 132 cm³/mol.